The van der Waals surface area contributed by atoms with E-state index in [1.54, 1.807) is 30.1 Å². The molecule has 1 aliphatic rings. The molecule has 5 N–H and O–H groups in total. The van der Waals surface area contributed by atoms with Crippen molar-refractivity contribution in [3.05, 3.63) is 83.3 Å². The molecule has 0 fully saturated rings. The summed E-state index contributed by atoms with van der Waals surface area (Å²) in [6, 6.07) is 8.01. The molecule has 3 amide bonds. The topological polar surface area (TPSA) is 146 Å². The molecule has 2 aromatic heterocycles. The maximum absolute atomic E-state index is 14.8. The summed E-state index contributed by atoms with van der Waals surface area (Å²) in [5, 5.41) is 16.5. The number of carbonyl (C=O) groups excluding carboxylic acids is 3. The van der Waals surface area contributed by atoms with Crippen LogP contribution >= 0.6 is 12.2 Å². The third kappa shape index (κ3) is 9.69. The van der Waals surface area contributed by atoms with Gasteiger partial charge in [-0.25, -0.2) is 9.37 Å². The minimum Gasteiger partial charge on any atom is -0.378 e. The molecule has 11 nitrogen and oxygen atoms in total. The molecule has 0 aliphatic heterocycles. The van der Waals surface area contributed by atoms with Gasteiger partial charge < -0.3 is 26.3 Å². The minimum atomic E-state index is -4.62. The number of aryl methyl sites for hydroxylation is 2. The summed E-state index contributed by atoms with van der Waals surface area (Å²) in [5.74, 6) is -2.84. The Morgan fingerprint density at radius 3 is 2.42 bits per heavy atom. The lowest BCUT2D eigenvalue weighted by Gasteiger charge is -2.40. The van der Waals surface area contributed by atoms with Gasteiger partial charge in [0.15, 0.2) is 0 Å². The van der Waals surface area contributed by atoms with Gasteiger partial charge in [0.2, 0.25) is 17.7 Å². The molecular weight excluding hydrogens is 737 g/mol. The number of halogens is 4. The highest BCUT2D eigenvalue weighted by Crippen LogP contribution is 2.40. The molecular formula is C39H48F4N8O3S. The van der Waals surface area contributed by atoms with Crippen LogP contribution in [0.4, 0.5) is 17.6 Å². The number of nitrogens with zero attached hydrogens (tertiary/aromatic N) is 3. The zero-order chi connectivity index (χ0) is 39.9. The molecule has 4 aromatic rings. The van der Waals surface area contributed by atoms with Crippen LogP contribution in [0.5, 0.6) is 0 Å². The minimum absolute atomic E-state index is 0.0491. The molecule has 2 aromatic carbocycles. The lowest BCUT2D eigenvalue weighted by molar-refractivity contribution is -0.137. The lowest BCUT2D eigenvalue weighted by Crippen LogP contribution is -2.67. The Morgan fingerprint density at radius 1 is 1.02 bits per heavy atom. The molecule has 5 atom stereocenters. The molecule has 0 bridgehead atoms. The van der Waals surface area contributed by atoms with Gasteiger partial charge in [-0.1, -0.05) is 83.1 Å². The second-order valence-electron chi connectivity index (χ2n) is 14.4. The number of carbonyl (C=O) groups is 3. The normalized spacial score (nSPS) is 17.7. The van der Waals surface area contributed by atoms with Crippen molar-refractivity contribution in [3.8, 4) is 0 Å². The fourth-order valence-corrected chi connectivity index (χ4v) is 7.40. The number of hydrogen-bond donors (Lipinski definition) is 5. The van der Waals surface area contributed by atoms with E-state index in [1.165, 1.54) is 30.6 Å². The highest BCUT2D eigenvalue weighted by molar-refractivity contribution is 7.80. The van der Waals surface area contributed by atoms with E-state index in [2.05, 4.69) is 36.3 Å². The van der Waals surface area contributed by atoms with Gasteiger partial charge in [-0.05, 0) is 54.4 Å². The van der Waals surface area contributed by atoms with Crippen LogP contribution in [-0.4, -0.2) is 66.6 Å². The Bertz CT molecular complexity index is 1980. The number of hydrogen-bond acceptors (Lipinski definition) is 6. The van der Waals surface area contributed by atoms with Crippen molar-refractivity contribution in [2.24, 2.45) is 11.8 Å². The van der Waals surface area contributed by atoms with E-state index in [1.807, 2.05) is 20.8 Å². The lowest BCUT2D eigenvalue weighted by atomic mass is 9.78. The number of thiocarbonyl (C=S) groups is 1. The van der Waals surface area contributed by atoms with Crippen LogP contribution in [0, 0.1) is 17.7 Å². The predicted octanol–water partition coefficient (Wildman–Crippen LogP) is 5.57. The molecule has 2 unspecified atom stereocenters. The van der Waals surface area contributed by atoms with Crippen LogP contribution in [0.25, 0.3) is 10.9 Å². The number of fused-ring (bicyclic) bond motifs is 3. The van der Waals surface area contributed by atoms with E-state index in [9.17, 15) is 31.9 Å². The first-order chi connectivity index (χ1) is 26.2. The van der Waals surface area contributed by atoms with Crippen molar-refractivity contribution in [3.63, 3.8) is 0 Å². The Balaban J connectivity index is 1.45. The van der Waals surface area contributed by atoms with Crippen molar-refractivity contribution < 1.29 is 31.9 Å². The van der Waals surface area contributed by atoms with Gasteiger partial charge in [-0.15, -0.1) is 0 Å². The van der Waals surface area contributed by atoms with E-state index < -0.39 is 58.8 Å². The van der Waals surface area contributed by atoms with Crippen LogP contribution in [0.2, 0.25) is 0 Å². The zero-order valence-electron chi connectivity index (χ0n) is 31.4. The number of aromatic nitrogens is 4. The first-order valence-corrected chi connectivity index (χ1v) is 19.0. The molecule has 2 heterocycles. The number of rotatable bonds is 16. The number of alkyl halides is 3. The van der Waals surface area contributed by atoms with Gasteiger partial charge in [0.1, 0.15) is 30.1 Å². The summed E-state index contributed by atoms with van der Waals surface area (Å²) in [5.41, 5.74) is -1.36. The zero-order valence-corrected chi connectivity index (χ0v) is 32.2. The first kappa shape index (κ1) is 41.3. The monoisotopic (exact) mass is 784 g/mol. The largest absolute Gasteiger partial charge is 0.418 e. The predicted molar refractivity (Wildman–Crippen MR) is 204 cm³/mol. The number of para-hydroxylation sites is 1. The molecule has 296 valence electrons. The van der Waals surface area contributed by atoms with Crippen LogP contribution in [0.15, 0.2) is 55.1 Å². The average Bonchev–Trinajstić information content (AvgIpc) is 3.82. The number of nitrogens with one attached hydrogen (secondary N) is 5. The Morgan fingerprint density at radius 2 is 1.75 bits per heavy atom. The fourth-order valence-electron chi connectivity index (χ4n) is 7.01. The van der Waals surface area contributed by atoms with Gasteiger partial charge in [-0.2, -0.15) is 18.3 Å². The molecule has 5 rings (SSSR count). The summed E-state index contributed by atoms with van der Waals surface area (Å²) in [4.78, 5) is 49.7. The van der Waals surface area contributed by atoms with Gasteiger partial charge in [0, 0.05) is 30.6 Å². The van der Waals surface area contributed by atoms with Gasteiger partial charge in [0.05, 0.1) is 28.5 Å². The maximum Gasteiger partial charge on any atom is 0.418 e. The second-order valence-corrected chi connectivity index (χ2v) is 14.8. The van der Waals surface area contributed by atoms with E-state index in [-0.39, 0.29) is 42.7 Å². The third-order valence-electron chi connectivity index (χ3n) is 10.6. The molecule has 1 aliphatic carbocycles. The van der Waals surface area contributed by atoms with Crippen molar-refractivity contribution >= 4 is 45.8 Å². The molecule has 16 heteroatoms. The standard InChI is InChI=1S/C39H48F4N8O3S/c1-5-23(3)32(48-31(52)19-25-11-7-8-14-29(25)40)35(53)50-38(16-15-30-27(20-38)26-12-9-13-28(34(26)47-30)39(41,42)43)37(54)49-33(24(4)6-2)36(55)45-17-10-18-51-22-44-21-46-51/h7-9,11-14,21-24,32-33,47H,5-6,10,15-20H2,1-4H3,(H,45,55)(H,48,52)(H,49,54)(H,50,53)/t23?,24?,32-,33-,38+/m0/s1. The Hall–Kier alpha value is -4.86. The highest BCUT2D eigenvalue weighted by Gasteiger charge is 2.47. The Kier molecular flexibility index (Phi) is 13.3. The SMILES string of the molecule is CCC(C)[C@H](NC(=O)Cc1ccccc1F)C(=O)N[C@]1(C(=O)N[C@H](C(=S)NCCCn2cncn2)C(C)CC)CCc2[nH]c3c(C(F)(F)F)cccc3c2C1. The summed E-state index contributed by atoms with van der Waals surface area (Å²) >= 11 is 5.81. The quantitative estimate of drug-likeness (QED) is 0.0568. The summed E-state index contributed by atoms with van der Waals surface area (Å²) in [6.45, 7) is 8.64. The molecule has 55 heavy (non-hydrogen) atoms. The van der Waals surface area contributed by atoms with Crippen molar-refractivity contribution in [2.45, 2.75) is 103 Å². The van der Waals surface area contributed by atoms with Gasteiger partial charge in [0.25, 0.3) is 0 Å². The first-order valence-electron chi connectivity index (χ1n) is 18.6. The summed E-state index contributed by atoms with van der Waals surface area (Å²) < 4.78 is 58.4. The van der Waals surface area contributed by atoms with Crippen molar-refractivity contribution in [1.82, 2.24) is 41.0 Å². The van der Waals surface area contributed by atoms with Crippen LogP contribution in [0.3, 0.4) is 0 Å². The van der Waals surface area contributed by atoms with Crippen molar-refractivity contribution in [2.75, 3.05) is 6.54 Å². The second kappa shape index (κ2) is 17.7. The van der Waals surface area contributed by atoms with E-state index in [4.69, 9.17) is 12.2 Å². The number of benzene rings is 2. The van der Waals surface area contributed by atoms with Gasteiger partial charge >= 0.3 is 6.18 Å². The summed E-state index contributed by atoms with van der Waals surface area (Å²) in [7, 11) is 0. The van der Waals surface area contributed by atoms with Crippen LogP contribution < -0.4 is 21.3 Å². The van der Waals surface area contributed by atoms with E-state index in [0.29, 0.717) is 54.0 Å². The molecule has 0 saturated heterocycles. The fraction of sp³-hybridized carbons (Fsp3) is 0.487. The number of amides is 3. The van der Waals surface area contributed by atoms with Crippen LogP contribution in [0.1, 0.15) is 75.8 Å². The number of aromatic amines is 1. The maximum atomic E-state index is 14.8. The average molecular weight is 785 g/mol. The highest BCUT2D eigenvalue weighted by atomic mass is 32.1. The smallest absolute Gasteiger partial charge is 0.378 e. The third-order valence-corrected chi connectivity index (χ3v) is 11.0. The number of H-pyrrole nitrogens is 1. The van der Waals surface area contributed by atoms with Crippen molar-refractivity contribution in [1.29, 1.82) is 0 Å². The van der Waals surface area contributed by atoms with Gasteiger partial charge in [-0.3, -0.25) is 19.1 Å². The molecule has 0 saturated carbocycles. The molecule has 0 spiro atoms. The Labute approximate surface area is 322 Å². The van der Waals surface area contributed by atoms with E-state index in [0.717, 1.165) is 6.07 Å². The van der Waals surface area contributed by atoms with E-state index >= 15 is 0 Å². The molecule has 0 radical (unpaired) electrons. The summed E-state index contributed by atoms with van der Waals surface area (Å²) in [6.07, 6.45) is 0.0262. The van der Waals surface area contributed by atoms with Crippen LogP contribution in [-0.2, 0) is 46.4 Å².